The van der Waals surface area contributed by atoms with Crippen molar-refractivity contribution in [3.05, 3.63) is 58.5 Å². The molecule has 0 atom stereocenters. The van der Waals surface area contributed by atoms with Gasteiger partial charge >= 0.3 is 0 Å². The van der Waals surface area contributed by atoms with E-state index in [0.717, 1.165) is 39.9 Å². The molecular weight excluding hydrogens is 370 g/mol. The number of benzene rings is 2. The summed E-state index contributed by atoms with van der Waals surface area (Å²) < 4.78 is 11.1. The molecule has 1 N–H and O–H groups in total. The number of aromatic nitrogens is 1. The highest BCUT2D eigenvalue weighted by atomic mass is 32.1. The highest BCUT2D eigenvalue weighted by molar-refractivity contribution is 7.14. The zero-order valence-corrected chi connectivity index (χ0v) is 17.5. The summed E-state index contributed by atoms with van der Waals surface area (Å²) >= 11 is 1.53. The van der Waals surface area contributed by atoms with E-state index in [2.05, 4.69) is 54.5 Å². The molecule has 3 rings (SSSR count). The maximum atomic E-state index is 5.74. The summed E-state index contributed by atoms with van der Waals surface area (Å²) in [5.41, 5.74) is 8.54. The number of hydrogen-bond donors (Lipinski definition) is 1. The Morgan fingerprint density at radius 2 is 1.96 bits per heavy atom. The van der Waals surface area contributed by atoms with Gasteiger partial charge in [-0.2, -0.15) is 5.10 Å². The molecule has 5 nitrogen and oxygen atoms in total. The van der Waals surface area contributed by atoms with Gasteiger partial charge < -0.3 is 9.47 Å². The van der Waals surface area contributed by atoms with Crippen molar-refractivity contribution < 1.29 is 9.47 Å². The van der Waals surface area contributed by atoms with Gasteiger partial charge in [-0.25, -0.2) is 4.98 Å². The molecule has 1 heterocycles. The maximum absolute atomic E-state index is 5.74. The van der Waals surface area contributed by atoms with Crippen molar-refractivity contribution in [3.8, 4) is 22.8 Å². The summed E-state index contributed by atoms with van der Waals surface area (Å²) in [6, 6.07) is 12.1. The first kappa shape index (κ1) is 19.9. The van der Waals surface area contributed by atoms with Crippen molar-refractivity contribution in [2.45, 2.75) is 27.2 Å². The molecule has 3 aromatic rings. The Hall–Kier alpha value is -2.86. The second-order valence-corrected chi connectivity index (χ2v) is 7.32. The van der Waals surface area contributed by atoms with Crippen LogP contribution < -0.4 is 14.9 Å². The van der Waals surface area contributed by atoms with Crippen molar-refractivity contribution in [3.63, 3.8) is 0 Å². The number of rotatable bonds is 8. The number of nitrogens with one attached hydrogen (secondary N) is 1. The lowest BCUT2D eigenvalue weighted by Gasteiger charge is -2.10. The quantitative estimate of drug-likeness (QED) is 0.394. The molecule has 146 valence electrons. The highest BCUT2D eigenvalue weighted by Gasteiger charge is 2.06. The summed E-state index contributed by atoms with van der Waals surface area (Å²) in [7, 11) is 1.64. The molecule has 28 heavy (non-hydrogen) atoms. The molecule has 6 heteroatoms. The fourth-order valence-corrected chi connectivity index (χ4v) is 3.29. The SMILES string of the molecule is CCCOc1cc(/C=N\Nc2nc(-c3ccc(C)c(C)c3)cs2)ccc1OC. The van der Waals surface area contributed by atoms with E-state index >= 15 is 0 Å². The highest BCUT2D eigenvalue weighted by Crippen LogP contribution is 2.28. The minimum Gasteiger partial charge on any atom is -0.493 e. The number of thiazole rings is 1. The lowest BCUT2D eigenvalue weighted by molar-refractivity contribution is 0.294. The van der Waals surface area contributed by atoms with Gasteiger partial charge in [-0.1, -0.05) is 19.1 Å². The number of ether oxygens (including phenoxy) is 2. The van der Waals surface area contributed by atoms with Crippen LogP contribution in [0.25, 0.3) is 11.3 Å². The van der Waals surface area contributed by atoms with Crippen LogP contribution in [0.2, 0.25) is 0 Å². The minimum absolute atomic E-state index is 0.648. The molecule has 0 bridgehead atoms. The Kier molecular flexibility index (Phi) is 6.66. The van der Waals surface area contributed by atoms with Crippen LogP contribution in [0, 0.1) is 13.8 Å². The van der Waals surface area contributed by atoms with Crippen LogP contribution in [0.3, 0.4) is 0 Å². The van der Waals surface area contributed by atoms with Gasteiger partial charge in [-0.05, 0) is 61.2 Å². The van der Waals surface area contributed by atoms with E-state index in [1.165, 1.54) is 22.5 Å². The molecule has 0 spiro atoms. The van der Waals surface area contributed by atoms with Crippen molar-refractivity contribution in [2.75, 3.05) is 19.1 Å². The van der Waals surface area contributed by atoms with Gasteiger partial charge in [0.2, 0.25) is 5.13 Å². The first-order valence-electron chi connectivity index (χ1n) is 9.23. The smallest absolute Gasteiger partial charge is 0.203 e. The van der Waals surface area contributed by atoms with Crippen molar-refractivity contribution in [2.24, 2.45) is 5.10 Å². The van der Waals surface area contributed by atoms with Gasteiger partial charge in [0, 0.05) is 10.9 Å². The minimum atomic E-state index is 0.648. The molecule has 0 unspecified atom stereocenters. The molecule has 0 radical (unpaired) electrons. The van der Waals surface area contributed by atoms with E-state index in [1.54, 1.807) is 13.3 Å². The third-order valence-corrected chi connectivity index (χ3v) is 5.08. The number of hydrogen-bond acceptors (Lipinski definition) is 6. The third kappa shape index (κ3) is 4.89. The van der Waals surface area contributed by atoms with Gasteiger partial charge in [0.25, 0.3) is 0 Å². The van der Waals surface area contributed by atoms with Gasteiger partial charge in [-0.3, -0.25) is 5.43 Å². The Morgan fingerprint density at radius 1 is 1.11 bits per heavy atom. The zero-order valence-electron chi connectivity index (χ0n) is 16.7. The summed E-state index contributed by atoms with van der Waals surface area (Å²) in [4.78, 5) is 4.62. The molecule has 1 aromatic heterocycles. The van der Waals surface area contributed by atoms with Crippen molar-refractivity contribution >= 4 is 22.7 Å². The number of anilines is 1. The molecular formula is C22H25N3O2S. The van der Waals surface area contributed by atoms with Crippen molar-refractivity contribution in [1.29, 1.82) is 0 Å². The predicted octanol–water partition coefficient (Wildman–Crippen LogP) is 5.67. The van der Waals surface area contributed by atoms with E-state index in [-0.39, 0.29) is 0 Å². The van der Waals surface area contributed by atoms with Crippen LogP contribution >= 0.6 is 11.3 Å². The van der Waals surface area contributed by atoms with E-state index in [9.17, 15) is 0 Å². The zero-order chi connectivity index (χ0) is 19.9. The molecule has 0 aliphatic heterocycles. The molecule has 0 saturated carbocycles. The number of aryl methyl sites for hydroxylation is 2. The Labute approximate surface area is 170 Å². The number of nitrogens with zero attached hydrogens (tertiary/aromatic N) is 2. The normalized spacial score (nSPS) is 11.0. The first-order valence-corrected chi connectivity index (χ1v) is 10.1. The molecule has 0 fully saturated rings. The lowest BCUT2D eigenvalue weighted by Crippen LogP contribution is -1.99. The van der Waals surface area contributed by atoms with E-state index in [4.69, 9.17) is 9.47 Å². The summed E-state index contributed by atoms with van der Waals surface area (Å²) in [5, 5.41) is 7.09. The molecule has 0 saturated heterocycles. The Balaban J connectivity index is 1.68. The number of methoxy groups -OCH3 is 1. The average Bonchev–Trinajstić information content (AvgIpc) is 3.17. The third-order valence-electron chi connectivity index (χ3n) is 4.33. The molecule has 0 aliphatic carbocycles. The Bertz CT molecular complexity index is 966. The van der Waals surface area contributed by atoms with E-state index < -0.39 is 0 Å². The monoisotopic (exact) mass is 395 g/mol. The summed E-state index contributed by atoms with van der Waals surface area (Å²) in [6.07, 6.45) is 2.69. The van der Waals surface area contributed by atoms with Gasteiger partial charge in [0.1, 0.15) is 0 Å². The van der Waals surface area contributed by atoms with Crippen LogP contribution in [0.4, 0.5) is 5.13 Å². The van der Waals surface area contributed by atoms with E-state index in [1.807, 2.05) is 23.6 Å². The second kappa shape index (κ2) is 9.37. The van der Waals surface area contributed by atoms with Gasteiger partial charge in [-0.15, -0.1) is 11.3 Å². The van der Waals surface area contributed by atoms with Crippen LogP contribution in [0.5, 0.6) is 11.5 Å². The topological polar surface area (TPSA) is 55.7 Å². The lowest BCUT2D eigenvalue weighted by atomic mass is 10.1. The van der Waals surface area contributed by atoms with Crippen LogP contribution in [0.1, 0.15) is 30.0 Å². The maximum Gasteiger partial charge on any atom is 0.203 e. The van der Waals surface area contributed by atoms with Gasteiger partial charge in [0.05, 0.1) is 25.6 Å². The fourth-order valence-electron chi connectivity index (χ4n) is 2.62. The van der Waals surface area contributed by atoms with Crippen LogP contribution in [-0.2, 0) is 0 Å². The van der Waals surface area contributed by atoms with Crippen LogP contribution in [0.15, 0.2) is 46.9 Å². The number of hydrazone groups is 1. The second-order valence-electron chi connectivity index (χ2n) is 6.47. The standard InChI is InChI=1S/C22H25N3O2S/c1-5-10-27-21-12-17(7-9-20(21)26-4)13-23-25-22-24-19(14-28-22)18-8-6-15(2)16(3)11-18/h6-9,11-14H,5,10H2,1-4H3,(H,24,25)/b23-13-. The summed E-state index contributed by atoms with van der Waals surface area (Å²) in [6.45, 7) is 6.94. The fraction of sp³-hybridized carbons (Fsp3) is 0.273. The Morgan fingerprint density at radius 3 is 2.71 bits per heavy atom. The van der Waals surface area contributed by atoms with Crippen LogP contribution in [-0.4, -0.2) is 24.9 Å². The molecule has 0 amide bonds. The average molecular weight is 396 g/mol. The summed E-state index contributed by atoms with van der Waals surface area (Å²) in [5.74, 6) is 1.44. The van der Waals surface area contributed by atoms with Crippen molar-refractivity contribution in [1.82, 2.24) is 4.98 Å². The molecule has 2 aromatic carbocycles. The molecule has 0 aliphatic rings. The largest absolute Gasteiger partial charge is 0.493 e. The van der Waals surface area contributed by atoms with E-state index in [0.29, 0.717) is 6.61 Å². The predicted molar refractivity (Wildman–Crippen MR) is 117 cm³/mol. The first-order chi connectivity index (χ1) is 13.6. The van der Waals surface area contributed by atoms with Gasteiger partial charge in [0.15, 0.2) is 11.5 Å².